The number of carbonyl (C=O) groups is 1. The standard InChI is InChI=1S/C19H19F2NO3S/c20-19(21)26-17-8-6-14(7-9-17)22-18(23)13-3-1-4-15(11-13)25-12-16-5-2-10-24-16/h1,3-4,6-9,11,16,19H,2,5,10,12H2,(H,22,23)/t16-/m0/s1. The Morgan fingerprint density at radius 2 is 2.08 bits per heavy atom. The monoisotopic (exact) mass is 379 g/mol. The van der Waals surface area contributed by atoms with E-state index in [1.165, 1.54) is 0 Å². The molecule has 0 spiro atoms. The van der Waals surface area contributed by atoms with E-state index in [1.54, 1.807) is 48.5 Å². The van der Waals surface area contributed by atoms with Gasteiger partial charge in [0.25, 0.3) is 11.7 Å². The average molecular weight is 379 g/mol. The van der Waals surface area contributed by atoms with Crippen molar-refractivity contribution >= 4 is 23.4 Å². The second-order valence-corrected chi connectivity index (χ2v) is 6.89. The van der Waals surface area contributed by atoms with Crippen LogP contribution in [0, 0.1) is 0 Å². The van der Waals surface area contributed by atoms with Crippen molar-refractivity contribution in [2.75, 3.05) is 18.5 Å². The van der Waals surface area contributed by atoms with E-state index in [0.29, 0.717) is 40.3 Å². The van der Waals surface area contributed by atoms with Gasteiger partial charge in [0.05, 0.1) is 6.10 Å². The molecular formula is C19H19F2NO3S. The molecule has 26 heavy (non-hydrogen) atoms. The van der Waals surface area contributed by atoms with Gasteiger partial charge in [0.15, 0.2) is 0 Å². The minimum atomic E-state index is -2.46. The van der Waals surface area contributed by atoms with Crippen LogP contribution in [0.15, 0.2) is 53.4 Å². The summed E-state index contributed by atoms with van der Waals surface area (Å²) in [7, 11) is 0. The molecule has 4 nitrogen and oxygen atoms in total. The summed E-state index contributed by atoms with van der Waals surface area (Å²) in [5, 5.41) is 2.75. The molecule has 1 aliphatic heterocycles. The van der Waals surface area contributed by atoms with Gasteiger partial charge in [-0.2, -0.15) is 8.78 Å². The molecular weight excluding hydrogens is 360 g/mol. The van der Waals surface area contributed by atoms with Gasteiger partial charge in [-0.25, -0.2) is 0 Å². The van der Waals surface area contributed by atoms with Gasteiger partial charge in [0.1, 0.15) is 12.4 Å². The fourth-order valence-corrected chi connectivity index (χ4v) is 3.11. The molecule has 1 heterocycles. The van der Waals surface area contributed by atoms with Crippen LogP contribution in [0.2, 0.25) is 0 Å². The van der Waals surface area contributed by atoms with Gasteiger partial charge in [-0.1, -0.05) is 17.8 Å². The molecule has 1 N–H and O–H groups in total. The van der Waals surface area contributed by atoms with Crippen molar-refractivity contribution < 1.29 is 23.0 Å². The van der Waals surface area contributed by atoms with Crippen molar-refractivity contribution in [3.8, 4) is 5.75 Å². The molecule has 1 atom stereocenters. The van der Waals surface area contributed by atoms with E-state index in [9.17, 15) is 13.6 Å². The molecule has 1 fully saturated rings. The van der Waals surface area contributed by atoms with Crippen LogP contribution in [0.5, 0.6) is 5.75 Å². The van der Waals surface area contributed by atoms with Gasteiger partial charge < -0.3 is 14.8 Å². The van der Waals surface area contributed by atoms with Gasteiger partial charge in [0, 0.05) is 22.8 Å². The number of anilines is 1. The molecule has 0 saturated carbocycles. The number of thioether (sulfide) groups is 1. The first kappa shape index (κ1) is 18.7. The summed E-state index contributed by atoms with van der Waals surface area (Å²) in [5.41, 5.74) is 1.00. The van der Waals surface area contributed by atoms with E-state index in [4.69, 9.17) is 9.47 Å². The summed E-state index contributed by atoms with van der Waals surface area (Å²) in [5.74, 6) is -2.15. The summed E-state index contributed by atoms with van der Waals surface area (Å²) in [6, 6.07) is 13.2. The Hall–Kier alpha value is -2.12. The van der Waals surface area contributed by atoms with Crippen molar-refractivity contribution in [2.24, 2.45) is 0 Å². The van der Waals surface area contributed by atoms with Crippen molar-refractivity contribution in [1.82, 2.24) is 0 Å². The molecule has 1 amide bonds. The predicted molar refractivity (Wildman–Crippen MR) is 97.2 cm³/mol. The van der Waals surface area contributed by atoms with Crippen molar-refractivity contribution in [1.29, 1.82) is 0 Å². The Morgan fingerprint density at radius 1 is 1.27 bits per heavy atom. The molecule has 1 aliphatic rings. The predicted octanol–water partition coefficient (Wildman–Crippen LogP) is 4.81. The molecule has 2 aromatic rings. The van der Waals surface area contributed by atoms with Crippen LogP contribution in [0.3, 0.4) is 0 Å². The minimum absolute atomic E-state index is 0.108. The van der Waals surface area contributed by atoms with Crippen molar-refractivity contribution in [2.45, 2.75) is 29.6 Å². The molecule has 0 radical (unpaired) electrons. The zero-order chi connectivity index (χ0) is 18.4. The van der Waals surface area contributed by atoms with Gasteiger partial charge in [-0.15, -0.1) is 0 Å². The van der Waals surface area contributed by atoms with Crippen LogP contribution >= 0.6 is 11.8 Å². The molecule has 0 bridgehead atoms. The first-order valence-corrected chi connectivity index (χ1v) is 9.19. The maximum absolute atomic E-state index is 12.4. The van der Waals surface area contributed by atoms with Crippen LogP contribution in [0.4, 0.5) is 14.5 Å². The number of carbonyl (C=O) groups excluding carboxylic acids is 1. The maximum atomic E-state index is 12.4. The van der Waals surface area contributed by atoms with Gasteiger partial charge in [-0.05, 0) is 55.3 Å². The number of benzene rings is 2. The van der Waals surface area contributed by atoms with E-state index in [1.807, 2.05) is 0 Å². The second-order valence-electron chi connectivity index (χ2n) is 5.83. The van der Waals surface area contributed by atoms with E-state index in [2.05, 4.69) is 5.32 Å². The molecule has 138 valence electrons. The molecule has 0 aromatic heterocycles. The zero-order valence-corrected chi connectivity index (χ0v) is 14.8. The summed E-state index contributed by atoms with van der Waals surface area (Å²) in [6.07, 6.45) is 2.14. The first-order valence-electron chi connectivity index (χ1n) is 8.31. The smallest absolute Gasteiger partial charge is 0.288 e. The lowest BCUT2D eigenvalue weighted by Crippen LogP contribution is -2.17. The zero-order valence-electron chi connectivity index (χ0n) is 14.0. The largest absolute Gasteiger partial charge is 0.491 e. The number of ether oxygens (including phenoxy) is 2. The van der Waals surface area contributed by atoms with Crippen LogP contribution in [0.25, 0.3) is 0 Å². The minimum Gasteiger partial charge on any atom is -0.491 e. The van der Waals surface area contributed by atoms with E-state index in [-0.39, 0.29) is 12.0 Å². The highest BCUT2D eigenvalue weighted by molar-refractivity contribution is 7.99. The van der Waals surface area contributed by atoms with Crippen molar-refractivity contribution in [3.63, 3.8) is 0 Å². The van der Waals surface area contributed by atoms with Gasteiger partial charge in [-0.3, -0.25) is 4.79 Å². The highest BCUT2D eigenvalue weighted by atomic mass is 32.2. The second kappa shape index (κ2) is 9.00. The number of hydrogen-bond acceptors (Lipinski definition) is 4. The Kier molecular flexibility index (Phi) is 6.46. The van der Waals surface area contributed by atoms with Crippen molar-refractivity contribution in [3.05, 3.63) is 54.1 Å². The molecule has 0 aliphatic carbocycles. The third-order valence-corrected chi connectivity index (χ3v) is 4.62. The number of nitrogens with one attached hydrogen (secondary N) is 1. The van der Waals surface area contributed by atoms with Crippen LogP contribution in [-0.4, -0.2) is 31.0 Å². The van der Waals surface area contributed by atoms with Crippen LogP contribution in [-0.2, 0) is 4.74 Å². The molecule has 2 aromatic carbocycles. The van der Waals surface area contributed by atoms with Crippen LogP contribution in [0.1, 0.15) is 23.2 Å². The van der Waals surface area contributed by atoms with E-state index in [0.717, 1.165) is 19.4 Å². The maximum Gasteiger partial charge on any atom is 0.288 e. The number of amides is 1. The highest BCUT2D eigenvalue weighted by Crippen LogP contribution is 2.26. The number of alkyl halides is 2. The molecule has 1 saturated heterocycles. The topological polar surface area (TPSA) is 47.6 Å². The lowest BCUT2D eigenvalue weighted by atomic mass is 10.2. The Bertz CT molecular complexity index is 734. The SMILES string of the molecule is O=C(Nc1ccc(SC(F)F)cc1)c1cccc(OC[C@@H]2CCCO2)c1. The molecule has 0 unspecified atom stereocenters. The normalized spacial score (nSPS) is 16.7. The third kappa shape index (κ3) is 5.44. The summed E-state index contributed by atoms with van der Waals surface area (Å²) >= 11 is 0.467. The number of rotatable bonds is 7. The Morgan fingerprint density at radius 3 is 2.77 bits per heavy atom. The Balaban J connectivity index is 1.57. The summed E-state index contributed by atoms with van der Waals surface area (Å²) < 4.78 is 35.9. The Labute approximate surface area is 154 Å². The fourth-order valence-electron chi connectivity index (χ4n) is 2.62. The van der Waals surface area contributed by atoms with E-state index >= 15 is 0 Å². The first-order chi connectivity index (χ1) is 12.6. The van der Waals surface area contributed by atoms with Gasteiger partial charge >= 0.3 is 0 Å². The quantitative estimate of drug-likeness (QED) is 0.701. The van der Waals surface area contributed by atoms with Crippen LogP contribution < -0.4 is 10.1 Å². The highest BCUT2D eigenvalue weighted by Gasteiger charge is 2.16. The summed E-state index contributed by atoms with van der Waals surface area (Å²) in [4.78, 5) is 12.8. The average Bonchev–Trinajstić information content (AvgIpc) is 3.15. The third-order valence-electron chi connectivity index (χ3n) is 3.89. The van der Waals surface area contributed by atoms with Gasteiger partial charge in [0.2, 0.25) is 0 Å². The number of hydrogen-bond donors (Lipinski definition) is 1. The molecule has 7 heteroatoms. The number of halogens is 2. The summed E-state index contributed by atoms with van der Waals surface area (Å²) in [6.45, 7) is 1.24. The van der Waals surface area contributed by atoms with E-state index < -0.39 is 5.76 Å². The molecule has 3 rings (SSSR count). The lowest BCUT2D eigenvalue weighted by molar-refractivity contribution is 0.0679. The lowest BCUT2D eigenvalue weighted by Gasteiger charge is -2.12. The fraction of sp³-hybridized carbons (Fsp3) is 0.316.